The molecule has 0 saturated carbocycles. The number of rotatable bonds is 2. The minimum Gasteiger partial charge on any atom is -0.454 e. The van der Waals surface area contributed by atoms with Gasteiger partial charge in [-0.2, -0.15) is 5.26 Å². The summed E-state index contributed by atoms with van der Waals surface area (Å²) >= 11 is 12.5. The van der Waals surface area contributed by atoms with Gasteiger partial charge in [-0.3, -0.25) is 5.10 Å². The van der Waals surface area contributed by atoms with Gasteiger partial charge in [-0.25, -0.2) is 0 Å². The number of nitriles is 1. The molecule has 9 heteroatoms. The number of nitrogens with two attached hydrogens (primary N) is 1. The molecular formula is C20H12Cl2N4O3. The van der Waals surface area contributed by atoms with Gasteiger partial charge in [0.15, 0.2) is 11.5 Å². The Morgan fingerprint density at radius 3 is 2.76 bits per heavy atom. The molecule has 0 aliphatic carbocycles. The third kappa shape index (κ3) is 2.77. The van der Waals surface area contributed by atoms with Crippen LogP contribution >= 0.6 is 23.2 Å². The minimum absolute atomic E-state index is 0.0141. The van der Waals surface area contributed by atoms with Crippen LogP contribution in [0.15, 0.2) is 47.9 Å². The van der Waals surface area contributed by atoms with Crippen molar-refractivity contribution < 1.29 is 14.2 Å². The second-order valence-electron chi connectivity index (χ2n) is 6.48. The molecule has 0 saturated heterocycles. The molecule has 3 N–H and O–H groups in total. The molecule has 5 rings (SSSR count). The van der Waals surface area contributed by atoms with Gasteiger partial charge in [0.05, 0.1) is 17.2 Å². The normalized spacial score (nSPS) is 16.9. The number of nitrogens with one attached hydrogen (secondary N) is 1. The van der Waals surface area contributed by atoms with Crippen LogP contribution in [0.3, 0.4) is 0 Å². The Bertz CT molecular complexity index is 1230. The average Bonchev–Trinajstić information content (AvgIpc) is 3.33. The van der Waals surface area contributed by atoms with Crippen LogP contribution in [0.25, 0.3) is 11.3 Å². The number of ether oxygens (including phenoxy) is 3. The van der Waals surface area contributed by atoms with E-state index in [0.29, 0.717) is 38.4 Å². The van der Waals surface area contributed by atoms with Crippen LogP contribution in [0.2, 0.25) is 10.0 Å². The number of fused-ring (bicyclic) bond motifs is 2. The maximum Gasteiger partial charge on any atom is 0.244 e. The number of nitrogens with zero attached hydrogens (tertiary/aromatic N) is 2. The molecule has 3 heterocycles. The molecule has 0 bridgehead atoms. The SMILES string of the molecule is N#CC1=C(N)Oc2n[nH]c(-c3ccc4c(c3)OCO4)c2C1c1ccc(Cl)cc1Cl. The Morgan fingerprint density at radius 2 is 1.97 bits per heavy atom. The van der Waals surface area contributed by atoms with Gasteiger partial charge in [-0.05, 0) is 35.9 Å². The van der Waals surface area contributed by atoms with Crippen molar-refractivity contribution in [3.8, 4) is 34.7 Å². The summed E-state index contributed by atoms with van der Waals surface area (Å²) in [5.41, 5.74) is 9.02. The number of benzene rings is 2. The topological polar surface area (TPSA) is 106 Å². The maximum atomic E-state index is 9.79. The average molecular weight is 427 g/mol. The number of halogens is 2. The summed E-state index contributed by atoms with van der Waals surface area (Å²) in [5.74, 6) is 0.981. The van der Waals surface area contributed by atoms with Crippen LogP contribution in [0.5, 0.6) is 17.4 Å². The van der Waals surface area contributed by atoms with Crippen LogP contribution in [-0.2, 0) is 0 Å². The lowest BCUT2D eigenvalue weighted by Gasteiger charge is -2.25. The van der Waals surface area contributed by atoms with Gasteiger partial charge in [-0.1, -0.05) is 29.3 Å². The zero-order valence-corrected chi connectivity index (χ0v) is 16.2. The summed E-state index contributed by atoms with van der Waals surface area (Å²) in [7, 11) is 0. The fourth-order valence-corrected chi connectivity index (χ4v) is 4.08. The Hall–Kier alpha value is -3.34. The van der Waals surface area contributed by atoms with Gasteiger partial charge >= 0.3 is 0 Å². The molecule has 0 fully saturated rings. The summed E-state index contributed by atoms with van der Waals surface area (Å²) < 4.78 is 16.5. The zero-order valence-electron chi connectivity index (χ0n) is 14.7. The van der Waals surface area contributed by atoms with E-state index in [1.165, 1.54) is 0 Å². The van der Waals surface area contributed by atoms with E-state index in [9.17, 15) is 5.26 Å². The fraction of sp³-hybridized carbons (Fsp3) is 0.100. The number of aromatic amines is 1. The third-order valence-electron chi connectivity index (χ3n) is 4.87. The number of hydrogen-bond donors (Lipinski definition) is 2. The quantitative estimate of drug-likeness (QED) is 0.631. The number of H-pyrrole nitrogens is 1. The monoisotopic (exact) mass is 426 g/mol. The number of aromatic nitrogens is 2. The Balaban J connectivity index is 1.73. The smallest absolute Gasteiger partial charge is 0.244 e. The van der Waals surface area contributed by atoms with E-state index in [4.69, 9.17) is 43.1 Å². The maximum absolute atomic E-state index is 9.79. The highest BCUT2D eigenvalue weighted by Gasteiger charge is 2.37. The minimum atomic E-state index is -0.576. The van der Waals surface area contributed by atoms with Crippen LogP contribution in [0.4, 0.5) is 0 Å². The number of hydrogen-bond acceptors (Lipinski definition) is 6. The highest BCUT2D eigenvalue weighted by molar-refractivity contribution is 6.35. The summed E-state index contributed by atoms with van der Waals surface area (Å²) in [4.78, 5) is 0. The van der Waals surface area contributed by atoms with Gasteiger partial charge in [0.1, 0.15) is 11.6 Å². The van der Waals surface area contributed by atoms with E-state index in [0.717, 1.165) is 5.56 Å². The first-order chi connectivity index (χ1) is 14.1. The summed E-state index contributed by atoms with van der Waals surface area (Å²) in [6.45, 7) is 0.170. The molecule has 1 aromatic heterocycles. The van der Waals surface area contributed by atoms with Crippen molar-refractivity contribution in [3.63, 3.8) is 0 Å². The lowest BCUT2D eigenvalue weighted by atomic mass is 9.83. The van der Waals surface area contributed by atoms with E-state index in [1.807, 2.05) is 18.2 Å². The Morgan fingerprint density at radius 1 is 1.14 bits per heavy atom. The highest BCUT2D eigenvalue weighted by atomic mass is 35.5. The van der Waals surface area contributed by atoms with E-state index in [-0.39, 0.29) is 24.1 Å². The van der Waals surface area contributed by atoms with Crippen LogP contribution in [0.1, 0.15) is 17.0 Å². The predicted octanol–water partition coefficient (Wildman–Crippen LogP) is 4.33. The predicted molar refractivity (Wildman–Crippen MR) is 106 cm³/mol. The van der Waals surface area contributed by atoms with Gasteiger partial charge < -0.3 is 19.9 Å². The summed E-state index contributed by atoms with van der Waals surface area (Å²) in [5, 5.41) is 17.9. The largest absolute Gasteiger partial charge is 0.454 e. The van der Waals surface area contributed by atoms with E-state index >= 15 is 0 Å². The first kappa shape index (κ1) is 17.7. The zero-order chi connectivity index (χ0) is 20.1. The molecule has 2 aliphatic rings. The summed E-state index contributed by atoms with van der Waals surface area (Å²) in [6.07, 6.45) is 0. The molecule has 2 aromatic carbocycles. The molecule has 2 aliphatic heterocycles. The van der Waals surface area contributed by atoms with Crippen molar-refractivity contribution in [2.24, 2.45) is 5.73 Å². The molecule has 0 spiro atoms. The lowest BCUT2D eigenvalue weighted by molar-refractivity contribution is 0.174. The van der Waals surface area contributed by atoms with E-state index in [2.05, 4.69) is 16.3 Å². The van der Waals surface area contributed by atoms with Crippen molar-refractivity contribution in [1.29, 1.82) is 5.26 Å². The van der Waals surface area contributed by atoms with E-state index in [1.54, 1.807) is 18.2 Å². The molecule has 0 amide bonds. The third-order valence-corrected chi connectivity index (χ3v) is 5.44. The van der Waals surface area contributed by atoms with Gasteiger partial charge in [0, 0.05) is 15.6 Å². The van der Waals surface area contributed by atoms with Crippen molar-refractivity contribution in [2.45, 2.75) is 5.92 Å². The molecule has 144 valence electrons. The standard InChI is InChI=1S/C20H12Cl2N4O3/c21-10-2-3-11(13(22)6-10)16-12(7-23)19(24)29-20-17(16)18(25-26-20)9-1-4-14-15(5-9)28-8-27-14/h1-6,16H,8,24H2,(H,25,26). The van der Waals surface area contributed by atoms with Crippen molar-refractivity contribution in [3.05, 3.63) is 69.0 Å². The first-order valence-electron chi connectivity index (χ1n) is 8.57. The molecule has 3 aromatic rings. The molecule has 1 atom stereocenters. The van der Waals surface area contributed by atoms with Crippen molar-refractivity contribution in [1.82, 2.24) is 10.2 Å². The highest BCUT2D eigenvalue weighted by Crippen LogP contribution is 2.48. The molecule has 0 radical (unpaired) electrons. The Kier molecular flexibility index (Phi) is 4.05. The van der Waals surface area contributed by atoms with Gasteiger partial charge in [0.2, 0.25) is 18.6 Å². The molecule has 1 unspecified atom stereocenters. The lowest BCUT2D eigenvalue weighted by Crippen LogP contribution is -2.21. The summed E-state index contributed by atoms with van der Waals surface area (Å²) in [6, 6.07) is 12.8. The fourth-order valence-electron chi connectivity index (χ4n) is 3.56. The molecule has 7 nitrogen and oxygen atoms in total. The van der Waals surface area contributed by atoms with Gasteiger partial charge in [0.25, 0.3) is 0 Å². The van der Waals surface area contributed by atoms with Crippen LogP contribution < -0.4 is 19.9 Å². The Labute approximate surface area is 175 Å². The van der Waals surface area contributed by atoms with Crippen molar-refractivity contribution >= 4 is 23.2 Å². The number of allylic oxidation sites excluding steroid dienone is 1. The molecular weight excluding hydrogens is 415 g/mol. The van der Waals surface area contributed by atoms with Crippen LogP contribution in [0, 0.1) is 11.3 Å². The van der Waals surface area contributed by atoms with E-state index < -0.39 is 5.92 Å². The van der Waals surface area contributed by atoms with Crippen LogP contribution in [-0.4, -0.2) is 17.0 Å². The second-order valence-corrected chi connectivity index (χ2v) is 7.32. The van der Waals surface area contributed by atoms with Crippen molar-refractivity contribution in [2.75, 3.05) is 6.79 Å². The first-order valence-corrected chi connectivity index (χ1v) is 9.33. The molecule has 29 heavy (non-hydrogen) atoms. The van der Waals surface area contributed by atoms with Gasteiger partial charge in [-0.15, -0.1) is 5.10 Å². The second kappa shape index (κ2) is 6.62.